The SMILES string of the molecule is Cn1cc(CC(NC(=O)C(N)CCC(=O)O)C(=O)O)c2ccccc21. The third-order valence-electron chi connectivity index (χ3n) is 4.02. The van der Waals surface area contributed by atoms with Gasteiger partial charge in [-0.2, -0.15) is 0 Å². The number of hydrogen-bond acceptors (Lipinski definition) is 4. The van der Waals surface area contributed by atoms with Crippen molar-refractivity contribution in [3.63, 3.8) is 0 Å². The normalized spacial score (nSPS) is 13.4. The van der Waals surface area contributed by atoms with Gasteiger partial charge in [0.1, 0.15) is 6.04 Å². The van der Waals surface area contributed by atoms with Crippen LogP contribution in [0.3, 0.4) is 0 Å². The first-order valence-corrected chi connectivity index (χ1v) is 7.83. The van der Waals surface area contributed by atoms with Gasteiger partial charge in [0.25, 0.3) is 0 Å². The van der Waals surface area contributed by atoms with E-state index >= 15 is 0 Å². The minimum atomic E-state index is -1.17. The van der Waals surface area contributed by atoms with Crippen LogP contribution < -0.4 is 11.1 Å². The molecule has 8 nitrogen and oxygen atoms in total. The summed E-state index contributed by atoms with van der Waals surface area (Å²) >= 11 is 0. The second-order valence-electron chi connectivity index (χ2n) is 5.92. The zero-order valence-electron chi connectivity index (χ0n) is 13.8. The number of aliphatic carboxylic acids is 2. The van der Waals surface area contributed by atoms with Crippen LogP contribution in [0, 0.1) is 0 Å². The number of carboxylic acid groups (broad SMARTS) is 2. The van der Waals surface area contributed by atoms with Crippen LogP contribution in [0.2, 0.25) is 0 Å². The molecule has 0 spiro atoms. The number of amides is 1. The largest absolute Gasteiger partial charge is 0.481 e. The average molecular weight is 347 g/mol. The molecule has 1 aromatic heterocycles. The molecule has 1 aromatic carbocycles. The molecule has 2 unspecified atom stereocenters. The van der Waals surface area contributed by atoms with Crippen LogP contribution in [0.1, 0.15) is 18.4 Å². The van der Waals surface area contributed by atoms with E-state index in [1.165, 1.54) is 0 Å². The Morgan fingerprint density at radius 3 is 2.56 bits per heavy atom. The zero-order chi connectivity index (χ0) is 18.6. The minimum Gasteiger partial charge on any atom is -0.481 e. The van der Waals surface area contributed by atoms with E-state index in [2.05, 4.69) is 5.32 Å². The van der Waals surface area contributed by atoms with Crippen LogP contribution in [0.25, 0.3) is 10.9 Å². The van der Waals surface area contributed by atoms with Crippen molar-refractivity contribution in [3.05, 3.63) is 36.0 Å². The summed E-state index contributed by atoms with van der Waals surface area (Å²) in [4.78, 5) is 34.1. The summed E-state index contributed by atoms with van der Waals surface area (Å²) in [5.41, 5.74) is 7.39. The first kappa shape index (κ1) is 18.5. The van der Waals surface area contributed by atoms with E-state index in [9.17, 15) is 19.5 Å². The lowest BCUT2D eigenvalue weighted by Gasteiger charge is -2.17. The van der Waals surface area contributed by atoms with E-state index in [0.717, 1.165) is 16.5 Å². The smallest absolute Gasteiger partial charge is 0.326 e. The van der Waals surface area contributed by atoms with Gasteiger partial charge in [-0.3, -0.25) is 9.59 Å². The highest BCUT2D eigenvalue weighted by Crippen LogP contribution is 2.21. The third kappa shape index (κ3) is 4.57. The van der Waals surface area contributed by atoms with Crippen LogP contribution in [-0.2, 0) is 27.9 Å². The van der Waals surface area contributed by atoms with Crippen LogP contribution >= 0.6 is 0 Å². The summed E-state index contributed by atoms with van der Waals surface area (Å²) < 4.78 is 1.89. The second kappa shape index (κ2) is 7.80. The van der Waals surface area contributed by atoms with Gasteiger partial charge >= 0.3 is 11.9 Å². The molecule has 0 aliphatic heterocycles. The molecule has 0 aliphatic carbocycles. The summed E-state index contributed by atoms with van der Waals surface area (Å²) in [7, 11) is 1.86. The number of nitrogens with zero attached hydrogens (tertiary/aromatic N) is 1. The molecule has 1 amide bonds. The zero-order valence-corrected chi connectivity index (χ0v) is 13.8. The summed E-state index contributed by atoms with van der Waals surface area (Å²) in [6.07, 6.45) is 1.63. The Hall–Kier alpha value is -2.87. The van der Waals surface area contributed by atoms with Gasteiger partial charge in [0, 0.05) is 37.0 Å². The second-order valence-corrected chi connectivity index (χ2v) is 5.92. The van der Waals surface area contributed by atoms with Gasteiger partial charge in [-0.15, -0.1) is 0 Å². The van der Waals surface area contributed by atoms with E-state index in [4.69, 9.17) is 10.8 Å². The number of carboxylic acids is 2. The number of para-hydroxylation sites is 1. The first-order valence-electron chi connectivity index (χ1n) is 7.83. The fraction of sp³-hybridized carbons (Fsp3) is 0.353. The molecule has 2 aromatic rings. The number of benzene rings is 1. The highest BCUT2D eigenvalue weighted by molar-refractivity contribution is 5.89. The molecule has 1 heterocycles. The van der Waals surface area contributed by atoms with Crippen molar-refractivity contribution < 1.29 is 24.6 Å². The fourth-order valence-electron chi connectivity index (χ4n) is 2.70. The number of hydrogen-bond donors (Lipinski definition) is 4. The standard InChI is InChI=1S/C17H21N3O5/c1-20-9-10(11-4-2-3-5-14(11)20)8-13(17(24)25)19-16(23)12(18)6-7-15(21)22/h2-5,9,12-13H,6-8,18H2,1H3,(H,19,23)(H,21,22)(H,24,25). The van der Waals surface area contributed by atoms with Gasteiger partial charge in [0.05, 0.1) is 6.04 Å². The maximum absolute atomic E-state index is 12.0. The summed E-state index contributed by atoms with van der Waals surface area (Å²) in [6.45, 7) is 0. The number of nitrogens with two attached hydrogens (primary N) is 1. The molecule has 25 heavy (non-hydrogen) atoms. The van der Waals surface area contributed by atoms with E-state index in [-0.39, 0.29) is 19.3 Å². The van der Waals surface area contributed by atoms with E-state index in [1.807, 2.05) is 42.1 Å². The number of aromatic nitrogens is 1. The summed E-state index contributed by atoms with van der Waals surface area (Å²) in [6, 6.07) is 5.37. The predicted octanol–water partition coefficient (Wildman–Crippen LogP) is 0.482. The number of nitrogens with one attached hydrogen (secondary N) is 1. The van der Waals surface area contributed by atoms with Crippen molar-refractivity contribution >= 4 is 28.7 Å². The molecule has 134 valence electrons. The number of carbonyl (C=O) groups excluding carboxylic acids is 1. The molecule has 0 fully saturated rings. The molecular weight excluding hydrogens is 326 g/mol. The molecule has 0 aliphatic rings. The molecule has 0 saturated heterocycles. The third-order valence-corrected chi connectivity index (χ3v) is 4.02. The molecule has 8 heteroatoms. The lowest BCUT2D eigenvalue weighted by molar-refractivity contribution is -0.142. The highest BCUT2D eigenvalue weighted by atomic mass is 16.4. The van der Waals surface area contributed by atoms with Crippen molar-refractivity contribution in [2.24, 2.45) is 12.8 Å². The molecule has 0 saturated carbocycles. The predicted molar refractivity (Wildman–Crippen MR) is 91.0 cm³/mol. The lowest BCUT2D eigenvalue weighted by atomic mass is 10.0. The van der Waals surface area contributed by atoms with Crippen LogP contribution in [0.5, 0.6) is 0 Å². The first-order chi connectivity index (χ1) is 11.8. The maximum Gasteiger partial charge on any atom is 0.326 e. The van der Waals surface area contributed by atoms with E-state index in [1.54, 1.807) is 0 Å². The van der Waals surface area contributed by atoms with Crippen LogP contribution in [0.15, 0.2) is 30.5 Å². The number of carbonyl (C=O) groups is 3. The average Bonchev–Trinajstić information content (AvgIpc) is 2.88. The molecule has 5 N–H and O–H groups in total. The molecule has 2 atom stereocenters. The Kier molecular flexibility index (Phi) is 5.76. The van der Waals surface area contributed by atoms with Crippen molar-refractivity contribution in [2.75, 3.05) is 0 Å². The molecular formula is C17H21N3O5. The number of fused-ring (bicyclic) bond motifs is 1. The van der Waals surface area contributed by atoms with Crippen molar-refractivity contribution in [1.29, 1.82) is 0 Å². The highest BCUT2D eigenvalue weighted by Gasteiger charge is 2.25. The number of aryl methyl sites for hydroxylation is 1. The van der Waals surface area contributed by atoms with E-state index in [0.29, 0.717) is 0 Å². The number of rotatable bonds is 8. The van der Waals surface area contributed by atoms with Gasteiger partial charge in [0.2, 0.25) is 5.91 Å². The topological polar surface area (TPSA) is 135 Å². The summed E-state index contributed by atoms with van der Waals surface area (Å²) in [5, 5.41) is 21.3. The Bertz CT molecular complexity index is 799. The van der Waals surface area contributed by atoms with Gasteiger partial charge in [-0.05, 0) is 18.1 Å². The lowest BCUT2D eigenvalue weighted by Crippen LogP contribution is -2.49. The molecule has 0 radical (unpaired) electrons. The monoisotopic (exact) mass is 347 g/mol. The van der Waals surface area contributed by atoms with Crippen molar-refractivity contribution in [2.45, 2.75) is 31.3 Å². The van der Waals surface area contributed by atoms with Crippen molar-refractivity contribution in [3.8, 4) is 0 Å². The van der Waals surface area contributed by atoms with Crippen molar-refractivity contribution in [1.82, 2.24) is 9.88 Å². The van der Waals surface area contributed by atoms with E-state index < -0.39 is 29.9 Å². The van der Waals surface area contributed by atoms with Crippen LogP contribution in [0.4, 0.5) is 0 Å². The molecule has 0 bridgehead atoms. The fourth-order valence-corrected chi connectivity index (χ4v) is 2.70. The Labute approximate surface area is 144 Å². The van der Waals surface area contributed by atoms with Gasteiger partial charge < -0.3 is 25.8 Å². The van der Waals surface area contributed by atoms with Gasteiger partial charge in [-0.1, -0.05) is 18.2 Å². The Morgan fingerprint density at radius 1 is 1.24 bits per heavy atom. The minimum absolute atomic E-state index is 0.0538. The maximum atomic E-state index is 12.0. The Morgan fingerprint density at radius 2 is 1.92 bits per heavy atom. The van der Waals surface area contributed by atoms with Gasteiger partial charge in [-0.25, -0.2) is 4.79 Å². The molecule has 2 rings (SSSR count). The van der Waals surface area contributed by atoms with Crippen LogP contribution in [-0.4, -0.2) is 44.7 Å². The van der Waals surface area contributed by atoms with Gasteiger partial charge in [0.15, 0.2) is 0 Å². The summed E-state index contributed by atoms with van der Waals surface area (Å²) in [5.74, 6) is -2.91. The Balaban J connectivity index is 2.11. The quantitative estimate of drug-likeness (QED) is 0.549.